The first-order chi connectivity index (χ1) is 12.1. The molecule has 2 aromatic rings. The molecule has 0 N–H and O–H groups in total. The summed E-state index contributed by atoms with van der Waals surface area (Å²) in [6.45, 7) is 0.956. The van der Waals surface area contributed by atoms with Gasteiger partial charge in [-0.3, -0.25) is 9.59 Å². The van der Waals surface area contributed by atoms with Gasteiger partial charge in [-0.15, -0.1) is 11.3 Å². The summed E-state index contributed by atoms with van der Waals surface area (Å²) in [4.78, 5) is 29.2. The summed E-state index contributed by atoms with van der Waals surface area (Å²) in [6, 6.07) is 14.3. The van der Waals surface area contributed by atoms with Crippen molar-refractivity contribution in [2.75, 3.05) is 20.1 Å². The molecule has 1 fully saturated rings. The maximum absolute atomic E-state index is 12.7. The third kappa shape index (κ3) is 4.48. The molecule has 0 spiro atoms. The zero-order valence-electron chi connectivity index (χ0n) is 14.6. The molecular weight excluding hydrogens is 332 g/mol. The Bertz CT molecular complexity index is 700. The average molecular weight is 356 g/mol. The van der Waals surface area contributed by atoms with Crippen LogP contribution in [0.25, 0.3) is 0 Å². The van der Waals surface area contributed by atoms with Crippen molar-refractivity contribution in [3.05, 3.63) is 58.3 Å². The highest BCUT2D eigenvalue weighted by molar-refractivity contribution is 7.12. The summed E-state index contributed by atoms with van der Waals surface area (Å²) in [5.74, 6) is -0.0219. The smallest absolute Gasteiger partial charge is 0.264 e. The zero-order valence-corrected chi connectivity index (χ0v) is 15.4. The first kappa shape index (κ1) is 17.7. The number of likely N-dealkylation sites (N-methyl/N-ethyl adjacent to an activating group) is 1. The second kappa shape index (κ2) is 8.30. The van der Waals surface area contributed by atoms with E-state index in [1.165, 1.54) is 21.8 Å². The van der Waals surface area contributed by atoms with Gasteiger partial charge in [0.2, 0.25) is 5.91 Å². The van der Waals surface area contributed by atoms with E-state index in [0.29, 0.717) is 4.88 Å². The van der Waals surface area contributed by atoms with Crippen LogP contribution < -0.4 is 0 Å². The molecule has 0 radical (unpaired) electrons. The third-order valence-corrected chi connectivity index (χ3v) is 5.62. The number of rotatable bonds is 6. The second-order valence-electron chi connectivity index (χ2n) is 6.55. The fourth-order valence-electron chi connectivity index (χ4n) is 3.40. The number of benzene rings is 1. The zero-order chi connectivity index (χ0) is 17.6. The molecule has 3 rings (SSSR count). The predicted molar refractivity (Wildman–Crippen MR) is 101 cm³/mol. The van der Waals surface area contributed by atoms with Gasteiger partial charge >= 0.3 is 0 Å². The highest BCUT2D eigenvalue weighted by Crippen LogP contribution is 2.22. The molecule has 132 valence electrons. The number of nitrogens with zero attached hydrogens (tertiary/aromatic N) is 2. The number of hydrogen-bond acceptors (Lipinski definition) is 3. The maximum atomic E-state index is 12.7. The molecule has 1 aliphatic rings. The van der Waals surface area contributed by atoms with Gasteiger partial charge in [0, 0.05) is 19.6 Å². The van der Waals surface area contributed by atoms with Crippen molar-refractivity contribution in [2.45, 2.75) is 31.7 Å². The first-order valence-electron chi connectivity index (χ1n) is 8.77. The van der Waals surface area contributed by atoms with Crippen LogP contribution in [0.15, 0.2) is 47.8 Å². The van der Waals surface area contributed by atoms with Crippen LogP contribution in [0.3, 0.4) is 0 Å². The molecule has 0 saturated carbocycles. The topological polar surface area (TPSA) is 40.6 Å². The lowest BCUT2D eigenvalue weighted by molar-refractivity contribution is -0.132. The Morgan fingerprint density at radius 1 is 1.20 bits per heavy atom. The number of likely N-dealkylation sites (tertiary alicyclic amines) is 1. The minimum atomic E-state index is -0.0802. The van der Waals surface area contributed by atoms with Crippen molar-refractivity contribution >= 4 is 23.2 Å². The molecular formula is C20H24N2O2S. The molecule has 1 aromatic heterocycles. The molecule has 0 bridgehead atoms. The molecule has 4 nitrogen and oxygen atoms in total. The summed E-state index contributed by atoms with van der Waals surface area (Å²) in [7, 11) is 1.70. The van der Waals surface area contributed by atoms with Crippen LogP contribution in [-0.4, -0.2) is 47.8 Å². The highest BCUT2D eigenvalue weighted by Gasteiger charge is 2.29. The van der Waals surface area contributed by atoms with Gasteiger partial charge in [0.25, 0.3) is 5.91 Å². The SMILES string of the molecule is CN(CC(=O)N1CCCC1CCc1ccccc1)C(=O)c1cccs1. The number of hydrogen-bond donors (Lipinski definition) is 0. The van der Waals surface area contributed by atoms with E-state index in [2.05, 4.69) is 24.3 Å². The van der Waals surface area contributed by atoms with Crippen LogP contribution in [0.1, 0.15) is 34.5 Å². The van der Waals surface area contributed by atoms with Crippen LogP contribution >= 0.6 is 11.3 Å². The van der Waals surface area contributed by atoms with E-state index in [1.807, 2.05) is 22.4 Å². The Hall–Kier alpha value is -2.14. The monoisotopic (exact) mass is 356 g/mol. The summed E-state index contributed by atoms with van der Waals surface area (Å²) >= 11 is 1.41. The van der Waals surface area contributed by atoms with Crippen molar-refractivity contribution in [1.82, 2.24) is 9.80 Å². The fraction of sp³-hybridized carbons (Fsp3) is 0.400. The van der Waals surface area contributed by atoms with E-state index in [-0.39, 0.29) is 24.4 Å². The van der Waals surface area contributed by atoms with Gasteiger partial charge in [0.15, 0.2) is 0 Å². The van der Waals surface area contributed by atoms with E-state index >= 15 is 0 Å². The van der Waals surface area contributed by atoms with Gasteiger partial charge in [-0.1, -0.05) is 36.4 Å². The summed E-state index contributed by atoms with van der Waals surface area (Å²) in [5, 5.41) is 1.88. The summed E-state index contributed by atoms with van der Waals surface area (Å²) < 4.78 is 0. The van der Waals surface area contributed by atoms with Gasteiger partial charge < -0.3 is 9.80 Å². The Kier molecular flexibility index (Phi) is 5.87. The maximum Gasteiger partial charge on any atom is 0.264 e. The van der Waals surface area contributed by atoms with E-state index < -0.39 is 0 Å². The number of carbonyl (C=O) groups excluding carboxylic acids is 2. The molecule has 1 unspecified atom stereocenters. The summed E-state index contributed by atoms with van der Waals surface area (Å²) in [6.07, 6.45) is 4.08. The van der Waals surface area contributed by atoms with Crippen LogP contribution in [0.5, 0.6) is 0 Å². The van der Waals surface area contributed by atoms with Crippen LogP contribution in [0.4, 0.5) is 0 Å². The van der Waals surface area contributed by atoms with Gasteiger partial charge in [-0.25, -0.2) is 0 Å². The number of aryl methyl sites for hydroxylation is 1. The van der Waals surface area contributed by atoms with Crippen molar-refractivity contribution in [2.24, 2.45) is 0 Å². The van der Waals surface area contributed by atoms with Crippen molar-refractivity contribution in [3.63, 3.8) is 0 Å². The van der Waals surface area contributed by atoms with Crippen molar-refractivity contribution in [3.8, 4) is 0 Å². The average Bonchev–Trinajstić information content (AvgIpc) is 3.31. The minimum absolute atomic E-state index is 0.0583. The second-order valence-corrected chi connectivity index (χ2v) is 7.49. The molecule has 25 heavy (non-hydrogen) atoms. The Morgan fingerprint density at radius 2 is 2.00 bits per heavy atom. The lowest BCUT2D eigenvalue weighted by Crippen LogP contribution is -2.43. The Balaban J connectivity index is 1.54. The predicted octanol–water partition coefficient (Wildman–Crippen LogP) is 3.44. The largest absolute Gasteiger partial charge is 0.338 e. The van der Waals surface area contributed by atoms with E-state index in [0.717, 1.165) is 32.2 Å². The van der Waals surface area contributed by atoms with Crippen molar-refractivity contribution in [1.29, 1.82) is 0 Å². The van der Waals surface area contributed by atoms with Crippen LogP contribution in [0.2, 0.25) is 0 Å². The molecule has 2 heterocycles. The molecule has 1 saturated heterocycles. The fourth-order valence-corrected chi connectivity index (χ4v) is 4.11. The lowest BCUT2D eigenvalue weighted by atomic mass is 10.0. The number of carbonyl (C=O) groups is 2. The van der Waals surface area contributed by atoms with Crippen LogP contribution in [-0.2, 0) is 11.2 Å². The lowest BCUT2D eigenvalue weighted by Gasteiger charge is -2.27. The molecule has 0 aliphatic carbocycles. The van der Waals surface area contributed by atoms with Gasteiger partial charge in [-0.05, 0) is 42.7 Å². The Labute approximate surface area is 153 Å². The molecule has 1 aliphatic heterocycles. The van der Waals surface area contributed by atoms with Gasteiger partial charge in [0.05, 0.1) is 11.4 Å². The molecule has 1 aromatic carbocycles. The molecule has 2 amide bonds. The normalized spacial score (nSPS) is 16.8. The number of thiophene rings is 1. The first-order valence-corrected chi connectivity index (χ1v) is 9.65. The van der Waals surface area contributed by atoms with E-state index in [4.69, 9.17) is 0 Å². The highest BCUT2D eigenvalue weighted by atomic mass is 32.1. The molecule has 5 heteroatoms. The number of amides is 2. The summed E-state index contributed by atoms with van der Waals surface area (Å²) in [5.41, 5.74) is 1.31. The van der Waals surface area contributed by atoms with Gasteiger partial charge in [-0.2, -0.15) is 0 Å². The van der Waals surface area contributed by atoms with Gasteiger partial charge in [0.1, 0.15) is 0 Å². The van der Waals surface area contributed by atoms with Crippen molar-refractivity contribution < 1.29 is 9.59 Å². The van der Waals surface area contributed by atoms with E-state index in [9.17, 15) is 9.59 Å². The minimum Gasteiger partial charge on any atom is -0.338 e. The third-order valence-electron chi connectivity index (χ3n) is 4.76. The van der Waals surface area contributed by atoms with Crippen LogP contribution in [0, 0.1) is 0 Å². The standard InChI is InChI=1S/C20H24N2O2S/c1-21(20(24)18-10-6-14-25-18)15-19(23)22-13-5-9-17(22)12-11-16-7-3-2-4-8-16/h2-4,6-8,10,14,17H,5,9,11-13,15H2,1H3. The quantitative estimate of drug-likeness (QED) is 0.795. The van der Waals surface area contributed by atoms with E-state index in [1.54, 1.807) is 13.1 Å². The molecule has 1 atom stereocenters. The Morgan fingerprint density at radius 3 is 2.72 bits per heavy atom.